The monoisotopic (exact) mass is 777 g/mol. The number of ketones is 3. The van der Waals surface area contributed by atoms with E-state index >= 15 is 0 Å². The Bertz CT molecular complexity index is 1620. The Morgan fingerprint density at radius 2 is 1.54 bits per heavy atom. The lowest BCUT2D eigenvalue weighted by molar-refractivity contribution is -0.180. The van der Waals surface area contributed by atoms with Gasteiger partial charge in [0.05, 0.1) is 11.5 Å². The van der Waals surface area contributed by atoms with Crippen molar-refractivity contribution in [2.24, 2.45) is 39.4 Å². The molecule has 0 radical (unpaired) electrons. The van der Waals surface area contributed by atoms with Gasteiger partial charge >= 0.3 is 5.97 Å². The first kappa shape index (κ1) is 45.6. The number of rotatable bonds is 19. The molecule has 2 fully saturated rings. The Hall–Kier alpha value is -3.10. The molecule has 8 atom stereocenters. The molecule has 312 valence electrons. The summed E-state index contributed by atoms with van der Waals surface area (Å²) in [6, 6.07) is 0. The van der Waals surface area contributed by atoms with Crippen molar-refractivity contribution in [3.63, 3.8) is 0 Å². The molecular weight excluding hydrogens is 705 g/mol. The van der Waals surface area contributed by atoms with Crippen LogP contribution in [-0.4, -0.2) is 57.4 Å². The lowest BCUT2D eigenvalue weighted by Gasteiger charge is -2.63. The van der Waals surface area contributed by atoms with Gasteiger partial charge in [-0.25, -0.2) is 0 Å². The average molecular weight is 777 g/mol. The summed E-state index contributed by atoms with van der Waals surface area (Å²) in [5, 5.41) is 23.3. The Labute approximate surface area is 337 Å². The minimum atomic E-state index is -1.91. The highest BCUT2D eigenvalue weighted by molar-refractivity contribution is 6.02. The number of carbonyl (C=O) groups is 4. The second-order valence-corrected chi connectivity index (χ2v) is 19.2. The van der Waals surface area contributed by atoms with E-state index in [4.69, 9.17) is 9.47 Å². The van der Waals surface area contributed by atoms with Crippen molar-refractivity contribution in [1.82, 2.24) is 0 Å². The van der Waals surface area contributed by atoms with Gasteiger partial charge in [-0.15, -0.1) is 0 Å². The predicted molar refractivity (Wildman–Crippen MR) is 222 cm³/mol. The van der Waals surface area contributed by atoms with E-state index in [1.54, 1.807) is 19.9 Å². The topological polar surface area (TPSA) is 127 Å². The van der Waals surface area contributed by atoms with Crippen molar-refractivity contribution in [3.8, 4) is 0 Å². The van der Waals surface area contributed by atoms with Gasteiger partial charge in [-0.2, -0.15) is 0 Å². The van der Waals surface area contributed by atoms with E-state index in [-0.39, 0.29) is 29.7 Å². The van der Waals surface area contributed by atoms with Crippen LogP contribution in [-0.2, 0) is 28.7 Å². The largest absolute Gasteiger partial charge is 0.505 e. The summed E-state index contributed by atoms with van der Waals surface area (Å²) in [5.41, 5.74) is -5.35. The number of carbonyl (C=O) groups excluding carboxylic acids is 4. The average Bonchev–Trinajstić information content (AvgIpc) is 3.34. The smallest absolute Gasteiger partial charge is 0.303 e. The van der Waals surface area contributed by atoms with Crippen LogP contribution in [0, 0.1) is 39.4 Å². The number of esters is 1. The van der Waals surface area contributed by atoms with Crippen molar-refractivity contribution in [2.45, 2.75) is 170 Å². The van der Waals surface area contributed by atoms with E-state index in [9.17, 15) is 29.4 Å². The maximum Gasteiger partial charge on any atom is 0.303 e. The molecule has 4 aliphatic rings. The molecule has 2 saturated carbocycles. The summed E-state index contributed by atoms with van der Waals surface area (Å²) in [5.74, 6) is -3.04. The van der Waals surface area contributed by atoms with Crippen LogP contribution in [0.5, 0.6) is 0 Å². The molecule has 4 rings (SSSR count). The Balaban J connectivity index is 1.56. The highest BCUT2D eigenvalue weighted by Gasteiger charge is 2.74. The summed E-state index contributed by atoms with van der Waals surface area (Å²) in [4.78, 5) is 53.7. The van der Waals surface area contributed by atoms with Crippen LogP contribution in [0.4, 0.5) is 0 Å². The van der Waals surface area contributed by atoms with Crippen molar-refractivity contribution >= 4 is 23.3 Å². The van der Waals surface area contributed by atoms with E-state index in [2.05, 4.69) is 44.2 Å². The summed E-state index contributed by atoms with van der Waals surface area (Å²) in [6.07, 6.45) is 27.3. The zero-order valence-corrected chi connectivity index (χ0v) is 36.2. The number of allylic oxidation sites excluding steroid dienone is 8. The fourth-order valence-corrected chi connectivity index (χ4v) is 11.1. The SMILES string of the molecule is CCCCCCC/C=C\C/C=C\CCCCO[C@@H]1C[C@@]2(C)[C@@H]3CC=C4[C@@H](C=C(O)C(=O)C4(C)C)[C@]3(C)C(=O)C[C@]2(C)C1C(C)(O)C(=O)/C=C/C(C)(C)OC(C)=O. The maximum atomic E-state index is 14.8. The van der Waals surface area contributed by atoms with Crippen LogP contribution in [0.1, 0.15) is 153 Å². The molecule has 2 N–H and O–H groups in total. The fourth-order valence-electron chi connectivity index (χ4n) is 11.1. The van der Waals surface area contributed by atoms with E-state index in [1.807, 2.05) is 27.7 Å². The van der Waals surface area contributed by atoms with Gasteiger partial charge < -0.3 is 19.7 Å². The summed E-state index contributed by atoms with van der Waals surface area (Å²) < 4.78 is 12.1. The van der Waals surface area contributed by atoms with Crippen LogP contribution in [0.3, 0.4) is 0 Å². The highest BCUT2D eigenvalue weighted by atomic mass is 16.6. The number of unbranched alkanes of at least 4 members (excludes halogenated alkanes) is 7. The molecule has 0 saturated heterocycles. The molecule has 0 aromatic carbocycles. The summed E-state index contributed by atoms with van der Waals surface area (Å²) >= 11 is 0. The predicted octanol–water partition coefficient (Wildman–Crippen LogP) is 10.2. The quantitative estimate of drug-likeness (QED) is 0.0575. The van der Waals surface area contributed by atoms with Gasteiger partial charge in [0.1, 0.15) is 17.0 Å². The van der Waals surface area contributed by atoms with Gasteiger partial charge in [-0.1, -0.05) is 89.3 Å². The van der Waals surface area contributed by atoms with Gasteiger partial charge in [0.2, 0.25) is 5.78 Å². The molecule has 0 aromatic heterocycles. The lowest BCUT2D eigenvalue weighted by Crippen LogP contribution is -2.64. The van der Waals surface area contributed by atoms with Crippen LogP contribution in [0.2, 0.25) is 0 Å². The molecule has 4 aliphatic carbocycles. The number of Topliss-reactive ketones (excluding diaryl/α,β-unsaturated/α-hetero) is 2. The fraction of sp³-hybridized carbons (Fsp3) is 0.708. The molecule has 0 bridgehead atoms. The van der Waals surface area contributed by atoms with E-state index in [0.29, 0.717) is 19.4 Å². The third-order valence-corrected chi connectivity index (χ3v) is 14.3. The van der Waals surface area contributed by atoms with E-state index in [1.165, 1.54) is 58.1 Å². The summed E-state index contributed by atoms with van der Waals surface area (Å²) in [7, 11) is 0. The van der Waals surface area contributed by atoms with Crippen molar-refractivity contribution in [1.29, 1.82) is 0 Å². The van der Waals surface area contributed by atoms with Crippen LogP contribution >= 0.6 is 0 Å². The normalized spacial score (nSPS) is 32.6. The maximum absolute atomic E-state index is 14.8. The molecule has 0 heterocycles. The second-order valence-electron chi connectivity index (χ2n) is 19.2. The van der Waals surface area contributed by atoms with Gasteiger partial charge in [0.15, 0.2) is 11.5 Å². The van der Waals surface area contributed by atoms with E-state index < -0.39 is 62.6 Å². The van der Waals surface area contributed by atoms with Crippen molar-refractivity contribution in [3.05, 3.63) is 59.9 Å². The van der Waals surface area contributed by atoms with Crippen molar-refractivity contribution in [2.75, 3.05) is 6.61 Å². The minimum Gasteiger partial charge on any atom is -0.505 e. The van der Waals surface area contributed by atoms with Gasteiger partial charge in [-0.05, 0) is 121 Å². The molecule has 0 amide bonds. The molecule has 8 heteroatoms. The summed E-state index contributed by atoms with van der Waals surface area (Å²) in [6.45, 7) is 18.7. The highest BCUT2D eigenvalue weighted by Crippen LogP contribution is 2.74. The number of hydrogen-bond acceptors (Lipinski definition) is 8. The van der Waals surface area contributed by atoms with Crippen LogP contribution in [0.25, 0.3) is 0 Å². The third kappa shape index (κ3) is 8.97. The molecule has 2 unspecified atom stereocenters. The second kappa shape index (κ2) is 17.8. The Morgan fingerprint density at radius 3 is 2.16 bits per heavy atom. The molecule has 0 aromatic rings. The third-order valence-electron chi connectivity index (χ3n) is 14.3. The minimum absolute atomic E-state index is 0.00122. The number of hydrogen-bond donors (Lipinski definition) is 2. The zero-order chi connectivity index (χ0) is 41.7. The standard InChI is InChI=1S/C48H72O8/c1-11-12-13-14-15-16-17-18-19-20-21-22-23-24-29-55-37-31-45(7)38-26-25-34-35(30-36(50)42(53)44(34,5)6)47(38,9)40(52)32-46(45,8)41(37)48(10,54)39(51)27-28-43(3,4)56-33(2)49/h17-18,20-21,25,27-28,30,35,37-38,41,50,54H,11-16,19,22-24,26,29,31-32H2,1-10H3/b18-17-,21-20-,28-27+/t35-,37-,38+,41?,45+,46-,47+,48?/m1/s1. The first-order valence-corrected chi connectivity index (χ1v) is 21.4. The van der Waals surface area contributed by atoms with Gasteiger partial charge in [0, 0.05) is 37.2 Å². The van der Waals surface area contributed by atoms with E-state index in [0.717, 1.165) is 37.7 Å². The number of aliphatic hydroxyl groups is 2. The number of fused-ring (bicyclic) bond motifs is 5. The van der Waals surface area contributed by atoms with Crippen LogP contribution in [0.15, 0.2) is 59.9 Å². The first-order valence-electron chi connectivity index (χ1n) is 21.4. The lowest BCUT2D eigenvalue weighted by atomic mass is 9.39. The first-order chi connectivity index (χ1) is 26.1. The van der Waals surface area contributed by atoms with Crippen molar-refractivity contribution < 1.29 is 38.9 Å². The van der Waals surface area contributed by atoms with Gasteiger partial charge in [0.25, 0.3) is 0 Å². The van der Waals surface area contributed by atoms with Gasteiger partial charge in [-0.3, -0.25) is 19.2 Å². The number of ether oxygens (including phenoxy) is 2. The van der Waals surface area contributed by atoms with Crippen LogP contribution < -0.4 is 0 Å². The molecule has 0 aliphatic heterocycles. The molecule has 56 heavy (non-hydrogen) atoms. The molecular formula is C48H72O8. The Kier molecular flexibility index (Phi) is 14.5. The molecule has 8 nitrogen and oxygen atoms in total. The number of aliphatic hydroxyl groups excluding tert-OH is 1. The molecule has 0 spiro atoms. The Morgan fingerprint density at radius 1 is 0.911 bits per heavy atom. The zero-order valence-electron chi connectivity index (χ0n) is 36.2.